The molecule has 2 aromatic rings. The van der Waals surface area contributed by atoms with Crippen LogP contribution in [0.1, 0.15) is 27.7 Å². The van der Waals surface area contributed by atoms with E-state index in [2.05, 4.69) is 10.3 Å². The normalized spacial score (nSPS) is 18.0. The van der Waals surface area contributed by atoms with Gasteiger partial charge in [-0.3, -0.25) is 14.6 Å². The number of nitrogens with one attached hydrogen (secondary N) is 1. The Hall–Kier alpha value is -2.90. The Balaban J connectivity index is 2.06. The molecule has 2 amide bonds. The van der Waals surface area contributed by atoms with Crippen LogP contribution < -0.4 is 5.32 Å². The van der Waals surface area contributed by atoms with Crippen LogP contribution >= 0.6 is 0 Å². The Morgan fingerprint density at radius 3 is 2.56 bits per heavy atom. The molecule has 5 nitrogen and oxygen atoms in total. The van der Waals surface area contributed by atoms with Crippen molar-refractivity contribution in [3.05, 3.63) is 65.5 Å². The van der Waals surface area contributed by atoms with Gasteiger partial charge in [-0.2, -0.15) is 13.2 Å². The van der Waals surface area contributed by atoms with Crippen molar-refractivity contribution in [2.45, 2.75) is 12.2 Å². The van der Waals surface area contributed by atoms with Gasteiger partial charge in [-0.15, -0.1) is 0 Å². The number of carbonyl (C=O) groups excluding carboxylic acids is 2. The molecule has 1 N–H and O–H groups in total. The fourth-order valence-corrected chi connectivity index (χ4v) is 2.82. The lowest BCUT2D eigenvalue weighted by Crippen LogP contribution is -2.52. The average molecular weight is 349 g/mol. The highest BCUT2D eigenvalue weighted by molar-refractivity contribution is 5.97. The molecule has 0 spiro atoms. The number of rotatable bonds is 2. The molecule has 3 rings (SSSR count). The van der Waals surface area contributed by atoms with Crippen molar-refractivity contribution >= 4 is 11.8 Å². The van der Waals surface area contributed by atoms with Gasteiger partial charge in [-0.05, 0) is 23.8 Å². The smallest absolute Gasteiger partial charge is 0.352 e. The maximum absolute atomic E-state index is 13.3. The summed E-state index contributed by atoms with van der Waals surface area (Å²) in [6.45, 7) is 0.264. The van der Waals surface area contributed by atoms with E-state index in [0.29, 0.717) is 0 Å². The fourth-order valence-electron chi connectivity index (χ4n) is 2.82. The topological polar surface area (TPSA) is 62.3 Å². The van der Waals surface area contributed by atoms with E-state index < -0.39 is 29.6 Å². The van der Waals surface area contributed by atoms with Crippen molar-refractivity contribution in [2.75, 3.05) is 13.1 Å². The van der Waals surface area contributed by atoms with Gasteiger partial charge in [0, 0.05) is 19.3 Å². The van der Waals surface area contributed by atoms with Gasteiger partial charge in [0.1, 0.15) is 11.7 Å². The Kier molecular flexibility index (Phi) is 4.43. The van der Waals surface area contributed by atoms with Crippen LogP contribution in [0, 0.1) is 0 Å². The van der Waals surface area contributed by atoms with E-state index in [1.165, 1.54) is 30.5 Å². The molecule has 0 aliphatic carbocycles. The van der Waals surface area contributed by atoms with Crippen molar-refractivity contribution in [1.82, 2.24) is 15.2 Å². The minimum absolute atomic E-state index is 0.0756. The molecule has 1 atom stereocenters. The SMILES string of the molecule is O=C1NCCN(C(=O)c2ccccn2)[C@@H]1c1ccccc1C(F)(F)F. The number of carbonyl (C=O) groups is 2. The fraction of sp³-hybridized carbons (Fsp3) is 0.235. The first-order valence-corrected chi connectivity index (χ1v) is 7.55. The number of pyridine rings is 1. The predicted molar refractivity (Wildman–Crippen MR) is 82.5 cm³/mol. The van der Waals surface area contributed by atoms with E-state index in [1.807, 2.05) is 0 Å². The number of amides is 2. The van der Waals surface area contributed by atoms with Crippen molar-refractivity contribution in [3.8, 4) is 0 Å². The first-order chi connectivity index (χ1) is 11.9. The number of halogens is 3. The van der Waals surface area contributed by atoms with Crippen LogP contribution in [-0.4, -0.2) is 34.8 Å². The summed E-state index contributed by atoms with van der Waals surface area (Å²) in [6.07, 6.45) is -3.22. The first kappa shape index (κ1) is 16.9. The number of aromatic nitrogens is 1. The third kappa shape index (κ3) is 3.33. The highest BCUT2D eigenvalue weighted by atomic mass is 19.4. The zero-order chi connectivity index (χ0) is 18.0. The second-order valence-electron chi connectivity index (χ2n) is 5.49. The lowest BCUT2D eigenvalue weighted by Gasteiger charge is -2.36. The molecule has 1 aromatic carbocycles. The number of benzene rings is 1. The van der Waals surface area contributed by atoms with Gasteiger partial charge in [0.25, 0.3) is 5.91 Å². The Morgan fingerprint density at radius 1 is 1.16 bits per heavy atom. The zero-order valence-corrected chi connectivity index (χ0v) is 13.0. The Bertz CT molecular complexity index is 793. The summed E-state index contributed by atoms with van der Waals surface area (Å²) < 4.78 is 40.0. The maximum atomic E-state index is 13.3. The molecule has 0 unspecified atom stereocenters. The molecule has 2 heterocycles. The van der Waals surface area contributed by atoms with Crippen LogP contribution in [0.2, 0.25) is 0 Å². The van der Waals surface area contributed by atoms with E-state index in [9.17, 15) is 22.8 Å². The molecule has 0 saturated carbocycles. The zero-order valence-electron chi connectivity index (χ0n) is 13.0. The largest absolute Gasteiger partial charge is 0.416 e. The number of hydrogen-bond donors (Lipinski definition) is 1. The molecule has 130 valence electrons. The van der Waals surface area contributed by atoms with Crippen LogP contribution in [0.25, 0.3) is 0 Å². The van der Waals surface area contributed by atoms with Crippen LogP contribution in [0.3, 0.4) is 0 Å². The van der Waals surface area contributed by atoms with Crippen molar-refractivity contribution in [3.63, 3.8) is 0 Å². The van der Waals surface area contributed by atoms with Crippen molar-refractivity contribution < 1.29 is 22.8 Å². The molecule has 1 aliphatic rings. The summed E-state index contributed by atoms with van der Waals surface area (Å²) >= 11 is 0. The van der Waals surface area contributed by atoms with E-state index in [1.54, 1.807) is 12.1 Å². The molecule has 1 aliphatic heterocycles. The number of nitrogens with zero attached hydrogens (tertiary/aromatic N) is 2. The minimum atomic E-state index is -4.63. The molecular weight excluding hydrogens is 335 g/mol. The highest BCUT2D eigenvalue weighted by Crippen LogP contribution is 2.37. The van der Waals surface area contributed by atoms with Crippen LogP contribution in [0.5, 0.6) is 0 Å². The van der Waals surface area contributed by atoms with Gasteiger partial charge in [-0.1, -0.05) is 24.3 Å². The molecule has 0 bridgehead atoms. The average Bonchev–Trinajstić information content (AvgIpc) is 2.61. The molecule has 1 aromatic heterocycles. The van der Waals surface area contributed by atoms with Crippen LogP contribution in [0.4, 0.5) is 13.2 Å². The quantitative estimate of drug-likeness (QED) is 0.906. The summed E-state index contributed by atoms with van der Waals surface area (Å²) in [4.78, 5) is 30.1. The molecular formula is C17H14F3N3O2. The Morgan fingerprint density at radius 2 is 1.88 bits per heavy atom. The van der Waals surface area contributed by atoms with Gasteiger partial charge in [0.2, 0.25) is 5.91 Å². The van der Waals surface area contributed by atoms with E-state index in [4.69, 9.17) is 0 Å². The summed E-state index contributed by atoms with van der Waals surface area (Å²) in [7, 11) is 0. The van der Waals surface area contributed by atoms with Gasteiger partial charge >= 0.3 is 6.18 Å². The summed E-state index contributed by atoms with van der Waals surface area (Å²) in [5, 5.41) is 2.52. The number of alkyl halides is 3. The van der Waals surface area contributed by atoms with E-state index in [-0.39, 0.29) is 24.3 Å². The molecule has 1 saturated heterocycles. The van der Waals surface area contributed by atoms with Gasteiger partial charge in [0.05, 0.1) is 5.56 Å². The molecule has 8 heteroatoms. The third-order valence-electron chi connectivity index (χ3n) is 3.92. The van der Waals surface area contributed by atoms with Gasteiger partial charge < -0.3 is 10.2 Å². The maximum Gasteiger partial charge on any atom is 0.416 e. The molecule has 0 radical (unpaired) electrons. The summed E-state index contributed by atoms with van der Waals surface area (Å²) in [5.41, 5.74) is -1.11. The molecule has 1 fully saturated rings. The highest BCUT2D eigenvalue weighted by Gasteiger charge is 2.41. The van der Waals surface area contributed by atoms with Crippen molar-refractivity contribution in [1.29, 1.82) is 0 Å². The van der Waals surface area contributed by atoms with E-state index in [0.717, 1.165) is 11.0 Å². The third-order valence-corrected chi connectivity index (χ3v) is 3.92. The van der Waals surface area contributed by atoms with Gasteiger partial charge in [-0.25, -0.2) is 0 Å². The van der Waals surface area contributed by atoms with Crippen molar-refractivity contribution in [2.24, 2.45) is 0 Å². The second kappa shape index (κ2) is 6.54. The second-order valence-corrected chi connectivity index (χ2v) is 5.49. The summed E-state index contributed by atoms with van der Waals surface area (Å²) in [5.74, 6) is -1.23. The molecule has 25 heavy (non-hydrogen) atoms. The first-order valence-electron chi connectivity index (χ1n) is 7.55. The predicted octanol–water partition coefficient (Wildman–Crippen LogP) is 2.41. The Labute approximate surface area is 141 Å². The lowest BCUT2D eigenvalue weighted by atomic mass is 9.96. The standard InChI is InChI=1S/C17H14F3N3O2/c18-17(19,20)12-6-2-1-5-11(12)14-15(24)22-9-10-23(14)16(25)13-7-3-4-8-21-13/h1-8,14H,9-10H2,(H,22,24)/t14-/m1/s1. The lowest BCUT2D eigenvalue weighted by molar-refractivity contribution is -0.139. The number of hydrogen-bond acceptors (Lipinski definition) is 3. The van der Waals surface area contributed by atoms with E-state index >= 15 is 0 Å². The number of piperazine rings is 1. The minimum Gasteiger partial charge on any atom is -0.352 e. The monoisotopic (exact) mass is 349 g/mol. The van der Waals surface area contributed by atoms with Crippen LogP contribution in [0.15, 0.2) is 48.7 Å². The summed E-state index contributed by atoms with van der Waals surface area (Å²) in [6, 6.07) is 8.10. The van der Waals surface area contributed by atoms with Gasteiger partial charge in [0.15, 0.2) is 0 Å². The van der Waals surface area contributed by atoms with Crippen LogP contribution in [-0.2, 0) is 11.0 Å².